The van der Waals surface area contributed by atoms with Gasteiger partial charge in [0.05, 0.1) is 10.7 Å². The van der Waals surface area contributed by atoms with E-state index < -0.39 is 12.8 Å². The Balaban J connectivity index is 0.00000136. The van der Waals surface area contributed by atoms with Crippen LogP contribution in [0.4, 0.5) is 13.2 Å². The monoisotopic (exact) mass is 418 g/mol. The number of aromatic nitrogens is 4. The van der Waals surface area contributed by atoms with E-state index in [0.717, 1.165) is 7.11 Å². The van der Waals surface area contributed by atoms with Gasteiger partial charge in [0.1, 0.15) is 0 Å². The minimum atomic E-state index is -4.53. The average molecular weight is 419 g/mol. The summed E-state index contributed by atoms with van der Waals surface area (Å²) in [5, 5.41) is 11.1. The highest BCUT2D eigenvalue weighted by molar-refractivity contribution is 6.30. The number of aliphatic hydroxyl groups excluding tert-OH is 1. The summed E-state index contributed by atoms with van der Waals surface area (Å²) in [6, 6.07) is 4.23. The lowest BCUT2D eigenvalue weighted by Gasteiger charge is -2.14. The number of rotatable bonds is 5. The van der Waals surface area contributed by atoms with Gasteiger partial charge in [-0.2, -0.15) is 13.2 Å². The maximum atomic E-state index is 12.4. The molecule has 1 N–H and O–H groups in total. The van der Waals surface area contributed by atoms with Crippen molar-refractivity contribution in [3.8, 4) is 17.4 Å². The van der Waals surface area contributed by atoms with Crippen molar-refractivity contribution >= 4 is 23.5 Å². The zero-order valence-electron chi connectivity index (χ0n) is 14.6. The van der Waals surface area contributed by atoms with E-state index in [1.54, 1.807) is 6.92 Å². The number of ether oxygens (including phenoxy) is 2. The quantitative estimate of drug-likeness (QED) is 0.635. The van der Waals surface area contributed by atoms with Gasteiger partial charge in [0.25, 0.3) is 5.88 Å². The van der Waals surface area contributed by atoms with Crippen LogP contribution in [0.1, 0.15) is 16.3 Å². The van der Waals surface area contributed by atoms with Gasteiger partial charge in [0.15, 0.2) is 30.0 Å². The van der Waals surface area contributed by atoms with Gasteiger partial charge in [-0.05, 0) is 19.1 Å². The van der Waals surface area contributed by atoms with Crippen molar-refractivity contribution in [1.82, 2.24) is 19.6 Å². The normalized spacial score (nSPS) is 11.0. The summed E-state index contributed by atoms with van der Waals surface area (Å²) in [5.74, 6) is -0.228. The number of hydrogen-bond donors (Lipinski definition) is 1. The molecule has 3 aromatic heterocycles. The Morgan fingerprint density at radius 2 is 2.00 bits per heavy atom. The highest BCUT2D eigenvalue weighted by atomic mass is 35.5. The number of nitrogens with zero attached hydrogens (tertiary/aromatic N) is 4. The number of alkyl halides is 3. The van der Waals surface area contributed by atoms with Crippen LogP contribution < -0.4 is 9.47 Å². The van der Waals surface area contributed by atoms with Crippen LogP contribution >= 0.6 is 11.6 Å². The predicted molar refractivity (Wildman–Crippen MR) is 92.1 cm³/mol. The molecule has 0 bridgehead atoms. The van der Waals surface area contributed by atoms with E-state index in [1.807, 2.05) is 0 Å². The van der Waals surface area contributed by atoms with Gasteiger partial charge in [0.2, 0.25) is 5.82 Å². The molecule has 0 amide bonds. The number of aldehydes is 1. The maximum absolute atomic E-state index is 12.4. The Bertz CT molecular complexity index is 978. The summed E-state index contributed by atoms with van der Waals surface area (Å²) >= 11 is 5.76. The third-order valence-corrected chi connectivity index (χ3v) is 3.40. The molecule has 0 aliphatic rings. The molecule has 12 heteroatoms. The van der Waals surface area contributed by atoms with Crippen LogP contribution in [0.2, 0.25) is 5.02 Å². The molecule has 0 fully saturated rings. The zero-order valence-corrected chi connectivity index (χ0v) is 15.3. The summed E-state index contributed by atoms with van der Waals surface area (Å²) in [7, 11) is 1.00. The van der Waals surface area contributed by atoms with E-state index >= 15 is 0 Å². The lowest BCUT2D eigenvalue weighted by molar-refractivity contribution is -0.153. The summed E-state index contributed by atoms with van der Waals surface area (Å²) in [5.41, 5.74) is 0.871. The van der Waals surface area contributed by atoms with Crippen molar-refractivity contribution in [3.05, 3.63) is 40.9 Å². The second-order valence-electron chi connectivity index (χ2n) is 5.10. The second kappa shape index (κ2) is 8.85. The van der Waals surface area contributed by atoms with Gasteiger partial charge in [-0.15, -0.1) is 5.10 Å². The van der Waals surface area contributed by atoms with Gasteiger partial charge in [-0.25, -0.2) is 14.5 Å². The molecule has 0 unspecified atom stereocenters. The standard InChI is InChI=1S/C15H10ClF3N4O3.CH4O/c1-8-10(2-3-13-21-12(6-24)22-23(8)13)26-14-11(4-9(16)5-20-14)25-7-15(17,18)19;1-2/h2-6H,7H2,1H3;2H,1H3. The lowest BCUT2D eigenvalue weighted by atomic mass is 10.3. The number of pyridine rings is 2. The summed E-state index contributed by atoms with van der Waals surface area (Å²) in [6.45, 7) is 0.118. The fourth-order valence-corrected chi connectivity index (χ4v) is 2.23. The molecule has 0 saturated heterocycles. The first-order valence-corrected chi connectivity index (χ1v) is 7.94. The second-order valence-corrected chi connectivity index (χ2v) is 5.54. The van der Waals surface area contributed by atoms with Crippen LogP contribution in [0, 0.1) is 6.92 Å². The van der Waals surface area contributed by atoms with Gasteiger partial charge in [-0.3, -0.25) is 4.79 Å². The summed E-state index contributed by atoms with van der Waals surface area (Å²) in [4.78, 5) is 18.6. The lowest BCUT2D eigenvalue weighted by Crippen LogP contribution is -2.19. The van der Waals surface area contributed by atoms with E-state index in [0.29, 0.717) is 17.6 Å². The fourth-order valence-electron chi connectivity index (χ4n) is 2.08. The molecular formula is C16H14ClF3N4O4. The molecule has 28 heavy (non-hydrogen) atoms. The molecule has 3 heterocycles. The zero-order chi connectivity index (χ0) is 20.9. The molecule has 0 atom stereocenters. The Kier molecular flexibility index (Phi) is 6.75. The number of hydrogen-bond acceptors (Lipinski definition) is 7. The number of aliphatic hydroxyl groups is 1. The van der Waals surface area contributed by atoms with Crippen LogP contribution in [0.3, 0.4) is 0 Å². The first kappa shape index (κ1) is 21.4. The third kappa shape index (κ3) is 5.08. The van der Waals surface area contributed by atoms with Crippen molar-refractivity contribution in [2.75, 3.05) is 13.7 Å². The molecular weight excluding hydrogens is 405 g/mol. The van der Waals surface area contributed by atoms with Gasteiger partial charge >= 0.3 is 6.18 Å². The average Bonchev–Trinajstić information content (AvgIpc) is 3.09. The number of halogens is 4. The minimum Gasteiger partial charge on any atom is -0.478 e. The summed E-state index contributed by atoms with van der Waals surface area (Å²) in [6.07, 6.45) is -2.82. The number of aryl methyl sites for hydroxylation is 1. The van der Waals surface area contributed by atoms with E-state index in [4.69, 9.17) is 26.2 Å². The molecule has 0 aliphatic heterocycles. The molecule has 0 aliphatic carbocycles. The Hall–Kier alpha value is -2.92. The first-order chi connectivity index (χ1) is 13.3. The van der Waals surface area contributed by atoms with Crippen molar-refractivity contribution < 1.29 is 32.5 Å². The maximum Gasteiger partial charge on any atom is 0.422 e. The van der Waals surface area contributed by atoms with E-state index in [1.165, 1.54) is 28.9 Å². The molecule has 3 aromatic rings. The van der Waals surface area contributed by atoms with Gasteiger partial charge in [-0.1, -0.05) is 11.6 Å². The minimum absolute atomic E-state index is 0.0101. The molecule has 150 valence electrons. The highest BCUT2D eigenvalue weighted by Gasteiger charge is 2.29. The van der Waals surface area contributed by atoms with Gasteiger partial charge < -0.3 is 14.6 Å². The van der Waals surface area contributed by atoms with Crippen LogP contribution in [-0.4, -0.2) is 50.9 Å². The highest BCUT2D eigenvalue weighted by Crippen LogP contribution is 2.34. The van der Waals surface area contributed by atoms with Crippen molar-refractivity contribution in [2.45, 2.75) is 13.1 Å². The van der Waals surface area contributed by atoms with Gasteiger partial charge in [0, 0.05) is 19.4 Å². The molecule has 0 radical (unpaired) electrons. The summed E-state index contributed by atoms with van der Waals surface area (Å²) < 4.78 is 48.9. The van der Waals surface area contributed by atoms with Crippen LogP contribution in [0.15, 0.2) is 24.4 Å². The topological polar surface area (TPSA) is 98.8 Å². The van der Waals surface area contributed by atoms with Crippen LogP contribution in [0.25, 0.3) is 5.65 Å². The molecule has 0 spiro atoms. The Morgan fingerprint density at radius 1 is 1.29 bits per heavy atom. The van der Waals surface area contributed by atoms with Crippen molar-refractivity contribution in [1.29, 1.82) is 0 Å². The van der Waals surface area contributed by atoms with E-state index in [2.05, 4.69) is 15.1 Å². The van der Waals surface area contributed by atoms with Crippen LogP contribution in [-0.2, 0) is 0 Å². The molecule has 3 rings (SSSR count). The number of carbonyl (C=O) groups excluding carboxylic acids is 1. The largest absolute Gasteiger partial charge is 0.478 e. The molecule has 0 saturated carbocycles. The predicted octanol–water partition coefficient (Wildman–Crippen LogP) is 3.24. The molecule has 0 aromatic carbocycles. The van der Waals surface area contributed by atoms with E-state index in [9.17, 15) is 18.0 Å². The van der Waals surface area contributed by atoms with Crippen LogP contribution in [0.5, 0.6) is 17.4 Å². The smallest absolute Gasteiger partial charge is 0.422 e. The van der Waals surface area contributed by atoms with Crippen molar-refractivity contribution in [2.24, 2.45) is 0 Å². The first-order valence-electron chi connectivity index (χ1n) is 7.56. The van der Waals surface area contributed by atoms with Crippen molar-refractivity contribution in [3.63, 3.8) is 0 Å². The SMILES string of the molecule is CO.Cc1c(Oc2ncc(Cl)cc2OCC(F)(F)F)ccc2nc(C=O)nn12. The Morgan fingerprint density at radius 3 is 2.64 bits per heavy atom. The third-order valence-electron chi connectivity index (χ3n) is 3.19. The Labute approximate surface area is 161 Å². The number of fused-ring (bicyclic) bond motifs is 1. The fraction of sp³-hybridized carbons (Fsp3) is 0.250. The van der Waals surface area contributed by atoms with E-state index in [-0.39, 0.29) is 28.2 Å². The molecule has 8 nitrogen and oxygen atoms in total. The number of carbonyl (C=O) groups is 1.